The Kier molecular flexibility index (Phi) is 7.20. The highest BCUT2D eigenvalue weighted by atomic mass is 32.2. The molecule has 3 aromatic rings. The van der Waals surface area contributed by atoms with Crippen LogP contribution in [-0.2, 0) is 10.0 Å². The summed E-state index contributed by atoms with van der Waals surface area (Å²) in [6, 6.07) is 21.1. The Hall–Kier alpha value is -3.03. The van der Waals surface area contributed by atoms with Crippen molar-refractivity contribution >= 4 is 15.9 Å². The van der Waals surface area contributed by atoms with Gasteiger partial charge >= 0.3 is 0 Å². The van der Waals surface area contributed by atoms with E-state index in [2.05, 4.69) is 4.98 Å². The maximum atomic E-state index is 13.3. The van der Waals surface area contributed by atoms with E-state index in [-0.39, 0.29) is 16.8 Å². The summed E-state index contributed by atoms with van der Waals surface area (Å²) >= 11 is 0. The molecule has 0 aliphatic rings. The van der Waals surface area contributed by atoms with Crippen molar-refractivity contribution in [1.82, 2.24) is 14.2 Å². The van der Waals surface area contributed by atoms with Crippen molar-refractivity contribution in [2.75, 3.05) is 20.1 Å². The molecule has 0 bridgehead atoms. The number of pyridine rings is 1. The first-order valence-electron chi connectivity index (χ1n) is 10.2. The zero-order valence-corrected chi connectivity index (χ0v) is 18.8. The van der Waals surface area contributed by atoms with Gasteiger partial charge in [0.15, 0.2) is 0 Å². The summed E-state index contributed by atoms with van der Waals surface area (Å²) in [5.74, 6) is -0.216. The van der Waals surface area contributed by atoms with Crippen LogP contribution in [0.3, 0.4) is 0 Å². The number of hydrogen-bond acceptors (Lipinski definition) is 4. The van der Waals surface area contributed by atoms with E-state index >= 15 is 0 Å². The first-order chi connectivity index (χ1) is 14.9. The fourth-order valence-electron chi connectivity index (χ4n) is 3.57. The molecule has 0 N–H and O–H groups in total. The van der Waals surface area contributed by atoms with Crippen molar-refractivity contribution in [3.8, 4) is 0 Å². The summed E-state index contributed by atoms with van der Waals surface area (Å²) in [5, 5.41) is 0. The molecule has 31 heavy (non-hydrogen) atoms. The third-order valence-electron chi connectivity index (χ3n) is 5.24. The van der Waals surface area contributed by atoms with Gasteiger partial charge < -0.3 is 4.90 Å². The van der Waals surface area contributed by atoms with Gasteiger partial charge in [0.05, 0.1) is 16.6 Å². The first kappa shape index (κ1) is 22.7. The van der Waals surface area contributed by atoms with Crippen LogP contribution in [0.15, 0.2) is 83.9 Å². The number of nitrogens with zero attached hydrogens (tertiary/aromatic N) is 3. The predicted octanol–water partition coefficient (Wildman–Crippen LogP) is 3.97. The number of amides is 1. The molecule has 0 fully saturated rings. The van der Waals surface area contributed by atoms with Crippen molar-refractivity contribution < 1.29 is 13.2 Å². The average Bonchev–Trinajstić information content (AvgIpc) is 2.81. The Morgan fingerprint density at radius 1 is 0.903 bits per heavy atom. The van der Waals surface area contributed by atoms with Crippen molar-refractivity contribution in [1.29, 1.82) is 0 Å². The van der Waals surface area contributed by atoms with Gasteiger partial charge in [0, 0.05) is 31.9 Å². The largest absolute Gasteiger partial charge is 0.329 e. The summed E-state index contributed by atoms with van der Waals surface area (Å²) < 4.78 is 26.8. The van der Waals surface area contributed by atoms with E-state index in [1.807, 2.05) is 48.5 Å². The molecule has 1 amide bonds. The fraction of sp³-hybridized carbons (Fsp3) is 0.250. The monoisotopic (exact) mass is 437 g/mol. The van der Waals surface area contributed by atoms with Gasteiger partial charge in [0.1, 0.15) is 0 Å². The van der Waals surface area contributed by atoms with Gasteiger partial charge in [-0.25, -0.2) is 8.42 Å². The molecule has 0 aliphatic heterocycles. The van der Waals surface area contributed by atoms with Gasteiger partial charge in [-0.05, 0) is 42.0 Å². The molecule has 162 valence electrons. The third kappa shape index (κ3) is 4.84. The summed E-state index contributed by atoms with van der Waals surface area (Å²) in [6.07, 6.45) is 1.70. The number of sulfonamides is 1. The maximum absolute atomic E-state index is 13.3. The molecule has 1 atom stereocenters. The number of rotatable bonds is 8. The molecule has 1 unspecified atom stereocenters. The minimum absolute atomic E-state index is 0.180. The minimum Gasteiger partial charge on any atom is -0.329 e. The third-order valence-corrected chi connectivity index (χ3v) is 7.30. The van der Waals surface area contributed by atoms with E-state index in [4.69, 9.17) is 0 Å². The van der Waals surface area contributed by atoms with Crippen LogP contribution in [-0.4, -0.2) is 48.7 Å². The topological polar surface area (TPSA) is 70.6 Å². The Bertz CT molecular complexity index is 1060. The van der Waals surface area contributed by atoms with Crippen LogP contribution in [0.25, 0.3) is 0 Å². The zero-order valence-electron chi connectivity index (χ0n) is 18.0. The first-order valence-corrected chi connectivity index (χ1v) is 11.7. The number of carbonyl (C=O) groups excluding carboxylic acids is 1. The van der Waals surface area contributed by atoms with Crippen LogP contribution < -0.4 is 0 Å². The average molecular weight is 438 g/mol. The Morgan fingerprint density at radius 2 is 1.52 bits per heavy atom. The SMILES string of the molecule is CCN(CC)S(=O)(=O)c1ccc(C(=O)N(C)C(c2ccccc2)c2ccccn2)cc1. The highest BCUT2D eigenvalue weighted by Crippen LogP contribution is 2.27. The molecule has 0 spiro atoms. The van der Waals surface area contributed by atoms with Crippen molar-refractivity contribution in [2.24, 2.45) is 0 Å². The second kappa shape index (κ2) is 9.85. The molecule has 6 nitrogen and oxygen atoms in total. The summed E-state index contributed by atoms with van der Waals surface area (Å²) in [4.78, 5) is 19.5. The quantitative estimate of drug-likeness (QED) is 0.535. The van der Waals surface area contributed by atoms with Crippen LogP contribution in [0.1, 0.15) is 41.5 Å². The van der Waals surface area contributed by atoms with E-state index in [0.717, 1.165) is 11.3 Å². The van der Waals surface area contributed by atoms with Crippen LogP contribution in [0, 0.1) is 0 Å². The van der Waals surface area contributed by atoms with Gasteiger partial charge in [0.25, 0.3) is 5.91 Å². The summed E-state index contributed by atoms with van der Waals surface area (Å²) in [7, 11) is -1.84. The lowest BCUT2D eigenvalue weighted by Crippen LogP contribution is -2.33. The predicted molar refractivity (Wildman–Crippen MR) is 121 cm³/mol. The Balaban J connectivity index is 1.92. The molecular formula is C24H27N3O3S. The van der Waals surface area contributed by atoms with Crippen LogP contribution in [0.5, 0.6) is 0 Å². The van der Waals surface area contributed by atoms with E-state index < -0.39 is 10.0 Å². The smallest absolute Gasteiger partial charge is 0.254 e. The van der Waals surface area contributed by atoms with Gasteiger partial charge in [-0.2, -0.15) is 4.31 Å². The van der Waals surface area contributed by atoms with Crippen LogP contribution in [0.4, 0.5) is 0 Å². The summed E-state index contributed by atoms with van der Waals surface area (Å²) in [5.41, 5.74) is 2.11. The lowest BCUT2D eigenvalue weighted by molar-refractivity contribution is 0.0752. The van der Waals surface area contributed by atoms with Crippen LogP contribution in [0.2, 0.25) is 0 Å². The minimum atomic E-state index is -3.57. The van der Waals surface area contributed by atoms with Crippen LogP contribution >= 0.6 is 0 Å². The highest BCUT2D eigenvalue weighted by molar-refractivity contribution is 7.89. The number of benzene rings is 2. The van der Waals surface area contributed by atoms with Crippen molar-refractivity contribution in [3.05, 3.63) is 95.8 Å². The molecule has 2 aromatic carbocycles. The lowest BCUT2D eigenvalue weighted by atomic mass is 10.0. The normalized spacial score (nSPS) is 12.5. The van der Waals surface area contributed by atoms with E-state index in [1.54, 1.807) is 44.1 Å². The molecule has 0 saturated heterocycles. The zero-order chi connectivity index (χ0) is 22.4. The Morgan fingerprint density at radius 3 is 2.06 bits per heavy atom. The number of carbonyl (C=O) groups is 1. The van der Waals surface area contributed by atoms with E-state index in [0.29, 0.717) is 18.7 Å². The van der Waals surface area contributed by atoms with Gasteiger partial charge in [-0.3, -0.25) is 9.78 Å². The lowest BCUT2D eigenvalue weighted by Gasteiger charge is -2.28. The van der Waals surface area contributed by atoms with E-state index in [1.165, 1.54) is 16.4 Å². The molecule has 0 saturated carbocycles. The number of aromatic nitrogens is 1. The molecule has 7 heteroatoms. The molecule has 0 aliphatic carbocycles. The van der Waals surface area contributed by atoms with Crippen molar-refractivity contribution in [3.63, 3.8) is 0 Å². The van der Waals surface area contributed by atoms with Gasteiger partial charge in [-0.15, -0.1) is 0 Å². The molecule has 1 heterocycles. The molecule has 1 aromatic heterocycles. The molecule has 3 rings (SSSR count). The fourth-order valence-corrected chi connectivity index (χ4v) is 5.03. The number of hydrogen-bond donors (Lipinski definition) is 0. The standard InChI is InChI=1S/C24H27N3O3S/c1-4-27(5-2)31(29,30)21-16-14-20(15-17-21)24(28)26(3)23(19-11-7-6-8-12-19)22-13-9-10-18-25-22/h6-18,23H,4-5H2,1-3H3. The molecular weight excluding hydrogens is 410 g/mol. The highest BCUT2D eigenvalue weighted by Gasteiger charge is 2.26. The molecule has 0 radical (unpaired) electrons. The Labute approximate surface area is 184 Å². The van der Waals surface area contributed by atoms with Gasteiger partial charge in [-0.1, -0.05) is 50.2 Å². The van der Waals surface area contributed by atoms with Gasteiger partial charge in [0.2, 0.25) is 10.0 Å². The second-order valence-corrected chi connectivity index (χ2v) is 9.04. The second-order valence-electron chi connectivity index (χ2n) is 7.10. The maximum Gasteiger partial charge on any atom is 0.254 e. The van der Waals surface area contributed by atoms with Crippen molar-refractivity contribution in [2.45, 2.75) is 24.8 Å². The summed E-state index contributed by atoms with van der Waals surface area (Å²) in [6.45, 7) is 4.39. The van der Waals surface area contributed by atoms with E-state index in [9.17, 15) is 13.2 Å².